The maximum absolute atomic E-state index is 12.1. The molecule has 0 amide bonds. The molecule has 0 radical (unpaired) electrons. The second-order valence-electron chi connectivity index (χ2n) is 5.55. The molecule has 2 N–H and O–H groups in total. The molecule has 1 aliphatic heterocycles. The Balaban J connectivity index is 2.15. The third kappa shape index (κ3) is 2.98. The van der Waals surface area contributed by atoms with E-state index in [1.54, 1.807) is 6.92 Å². The maximum atomic E-state index is 12.1. The van der Waals surface area contributed by atoms with Gasteiger partial charge in [-0.15, -0.1) is 0 Å². The first-order chi connectivity index (χ1) is 12.6. The third-order valence-corrected chi connectivity index (χ3v) is 4.80. The van der Waals surface area contributed by atoms with Crippen LogP contribution in [0.15, 0.2) is 40.1 Å². The molecule has 0 unspecified atom stereocenters. The Hall–Kier alpha value is -3.11. The predicted octanol–water partition coefficient (Wildman–Crippen LogP) is 1.92. The van der Waals surface area contributed by atoms with Gasteiger partial charge in [-0.1, -0.05) is 11.6 Å². The summed E-state index contributed by atoms with van der Waals surface area (Å²) in [7, 11) is 0. The summed E-state index contributed by atoms with van der Waals surface area (Å²) in [4.78, 5) is 30.9. The van der Waals surface area contributed by atoms with Crippen molar-refractivity contribution < 1.29 is 24.4 Å². The largest absolute Gasteiger partial charge is 0.617 e. The van der Waals surface area contributed by atoms with Gasteiger partial charge < -0.3 is 15.2 Å². The van der Waals surface area contributed by atoms with Gasteiger partial charge in [0.1, 0.15) is 10.6 Å². The van der Waals surface area contributed by atoms with Crippen molar-refractivity contribution >= 4 is 34.8 Å². The summed E-state index contributed by atoms with van der Waals surface area (Å²) in [6.07, 6.45) is 1.89. The molecule has 27 heavy (non-hydrogen) atoms. The van der Waals surface area contributed by atoms with Crippen molar-refractivity contribution in [2.75, 3.05) is 0 Å². The van der Waals surface area contributed by atoms with E-state index in [0.717, 1.165) is 12.2 Å². The van der Waals surface area contributed by atoms with Gasteiger partial charge in [0.15, 0.2) is 11.6 Å². The fourth-order valence-electron chi connectivity index (χ4n) is 2.48. The van der Waals surface area contributed by atoms with Crippen molar-refractivity contribution in [2.45, 2.75) is 13.8 Å². The summed E-state index contributed by atoms with van der Waals surface area (Å²) in [6, 6.07) is 0. The van der Waals surface area contributed by atoms with Crippen LogP contribution >= 0.6 is 23.2 Å². The van der Waals surface area contributed by atoms with E-state index in [9.17, 15) is 25.2 Å². The number of aromatic nitrogens is 1. The molecular weight excluding hydrogens is 403 g/mol. The first kappa shape index (κ1) is 18.7. The molecule has 0 atom stereocenters. The van der Waals surface area contributed by atoms with Gasteiger partial charge in [-0.3, -0.25) is 14.9 Å². The van der Waals surface area contributed by atoms with E-state index in [1.165, 1.54) is 6.92 Å². The molecule has 0 saturated heterocycles. The van der Waals surface area contributed by atoms with E-state index < -0.39 is 22.2 Å². The second-order valence-corrected chi connectivity index (χ2v) is 6.29. The minimum absolute atomic E-state index is 0.0247. The number of hydroxylamine groups is 1. The summed E-state index contributed by atoms with van der Waals surface area (Å²) < 4.78 is 0.428. The summed E-state index contributed by atoms with van der Waals surface area (Å²) in [5.74, 6) is -2.10. The van der Waals surface area contributed by atoms with Gasteiger partial charge in [0.2, 0.25) is 5.69 Å². The number of aliphatic hydroxyl groups is 1. The number of rotatable bonds is 2. The number of allylic oxidation sites excluding steroid dienone is 3. The molecule has 140 valence electrons. The molecule has 1 aromatic rings. The molecule has 10 nitrogen and oxygen atoms in total. The lowest BCUT2D eigenvalue weighted by Gasteiger charge is -2.12. The first-order valence-corrected chi connectivity index (χ1v) is 8.04. The smallest absolute Gasteiger partial charge is 0.321 e. The molecule has 1 aromatic heterocycles. The molecule has 0 saturated carbocycles. The molecule has 3 rings (SSSR count). The van der Waals surface area contributed by atoms with Crippen molar-refractivity contribution in [2.24, 2.45) is 4.99 Å². The molecule has 12 heteroatoms. The van der Waals surface area contributed by atoms with Crippen LogP contribution in [0.4, 0.5) is 0 Å². The van der Waals surface area contributed by atoms with Gasteiger partial charge >= 0.3 is 5.70 Å². The second kappa shape index (κ2) is 6.56. The third-order valence-electron chi connectivity index (χ3n) is 3.90. The number of aliphatic imine (C=N–C) groups is 1. The Morgan fingerprint density at radius 3 is 2.63 bits per heavy atom. The highest BCUT2D eigenvalue weighted by molar-refractivity contribution is 6.35. The lowest BCUT2D eigenvalue weighted by atomic mass is 10.0. The number of nitro groups is 1. The SMILES string of the molecule is Cc1c(Cl)c(C)[n+]([O-])c(Cl)c1C1=N/C(=C2\C=C(O)C(=O)C([N+](=O)[O-])=C2)ON1. The number of Topliss-reactive ketones (excluding diaryl/α,β-unsaturated/α-hetero) is 1. The van der Waals surface area contributed by atoms with Crippen molar-refractivity contribution in [3.05, 3.63) is 77.4 Å². The van der Waals surface area contributed by atoms with Gasteiger partial charge in [-0.25, -0.2) is 5.48 Å². The molecule has 1 aliphatic carbocycles. The zero-order valence-electron chi connectivity index (χ0n) is 13.7. The van der Waals surface area contributed by atoms with Crippen LogP contribution in [0.25, 0.3) is 0 Å². The number of hydrogen-bond donors (Lipinski definition) is 2. The van der Waals surface area contributed by atoms with Crippen molar-refractivity contribution in [3.63, 3.8) is 0 Å². The minimum atomic E-state index is -1.13. The molecular formula is C15H10Cl2N4O6. The standard InChI is InChI=1S/C15H10Cl2N4O6/c1-5-10(13(17)20(24)6(2)11(5)16)14-18-15(27-19-14)7-3-8(21(25)26)12(23)9(22)4-7/h3-4,22H,1-2H3,(H,18,19)/b15-7+. The van der Waals surface area contributed by atoms with Gasteiger partial charge in [0.25, 0.3) is 16.8 Å². The first-order valence-electron chi connectivity index (χ1n) is 7.28. The fraction of sp³-hybridized carbons (Fsp3) is 0.133. The zero-order chi connectivity index (χ0) is 20.0. The average Bonchev–Trinajstić information content (AvgIpc) is 3.10. The van der Waals surface area contributed by atoms with Crippen molar-refractivity contribution in [1.29, 1.82) is 0 Å². The van der Waals surface area contributed by atoms with Crippen LogP contribution < -0.4 is 10.2 Å². The number of nitrogens with one attached hydrogen (secondary N) is 1. The van der Waals surface area contributed by atoms with Crippen LogP contribution in [0.5, 0.6) is 0 Å². The van der Waals surface area contributed by atoms with E-state index in [0.29, 0.717) is 10.3 Å². The maximum Gasteiger partial charge on any atom is 0.321 e. The predicted molar refractivity (Wildman–Crippen MR) is 93.5 cm³/mol. The van der Waals surface area contributed by atoms with E-state index in [1.807, 2.05) is 0 Å². The highest BCUT2D eigenvalue weighted by Gasteiger charge is 2.33. The number of pyridine rings is 1. The lowest BCUT2D eigenvalue weighted by molar-refractivity contribution is -0.610. The Kier molecular flexibility index (Phi) is 4.54. The van der Waals surface area contributed by atoms with Crippen LogP contribution in [0, 0.1) is 29.2 Å². The highest BCUT2D eigenvalue weighted by Crippen LogP contribution is 2.29. The number of aliphatic hydroxyl groups excluding tert-OH is 1. The van der Waals surface area contributed by atoms with Crippen LogP contribution in [-0.2, 0) is 9.63 Å². The van der Waals surface area contributed by atoms with Gasteiger partial charge in [0, 0.05) is 13.0 Å². The van der Waals surface area contributed by atoms with Gasteiger partial charge in [-0.2, -0.15) is 9.72 Å². The van der Waals surface area contributed by atoms with Crippen LogP contribution in [-0.4, -0.2) is 21.6 Å². The van der Waals surface area contributed by atoms with Gasteiger partial charge in [-0.05, 0) is 30.2 Å². The quantitative estimate of drug-likeness (QED) is 0.248. The van der Waals surface area contributed by atoms with Crippen molar-refractivity contribution in [1.82, 2.24) is 5.48 Å². The summed E-state index contributed by atoms with van der Waals surface area (Å²) >= 11 is 12.2. The molecule has 0 aromatic carbocycles. The van der Waals surface area contributed by atoms with Crippen LogP contribution in [0.3, 0.4) is 0 Å². The molecule has 0 bridgehead atoms. The number of carbonyl (C=O) groups is 1. The number of halogens is 2. The molecule has 2 aliphatic rings. The Morgan fingerprint density at radius 2 is 2.00 bits per heavy atom. The Labute approximate surface area is 161 Å². The van der Waals surface area contributed by atoms with E-state index >= 15 is 0 Å². The number of nitrogens with zero attached hydrogens (tertiary/aromatic N) is 3. The fourth-order valence-corrected chi connectivity index (χ4v) is 3.01. The number of hydrogen-bond acceptors (Lipinski definition) is 8. The normalized spacial score (nSPS) is 19.1. The Bertz CT molecular complexity index is 1010. The number of carbonyl (C=O) groups excluding carboxylic acids is 1. The van der Waals surface area contributed by atoms with Crippen LogP contribution in [0.2, 0.25) is 10.2 Å². The van der Waals surface area contributed by atoms with E-state index in [-0.39, 0.29) is 38.7 Å². The lowest BCUT2D eigenvalue weighted by Crippen LogP contribution is -2.36. The zero-order valence-corrected chi connectivity index (χ0v) is 15.3. The Morgan fingerprint density at radius 1 is 1.33 bits per heavy atom. The average molecular weight is 413 g/mol. The number of ketones is 1. The topological polar surface area (TPSA) is 141 Å². The summed E-state index contributed by atoms with van der Waals surface area (Å²) in [6.45, 7) is 3.13. The van der Waals surface area contributed by atoms with E-state index in [4.69, 9.17) is 28.0 Å². The molecule has 2 heterocycles. The van der Waals surface area contributed by atoms with Gasteiger partial charge in [0.05, 0.1) is 10.5 Å². The monoisotopic (exact) mass is 412 g/mol. The highest BCUT2D eigenvalue weighted by atomic mass is 35.5. The summed E-state index contributed by atoms with van der Waals surface area (Å²) in [5.41, 5.74) is 2.43. The van der Waals surface area contributed by atoms with Crippen LogP contribution in [0.1, 0.15) is 16.8 Å². The minimum Gasteiger partial charge on any atom is -0.617 e. The molecule has 0 fully saturated rings. The summed E-state index contributed by atoms with van der Waals surface area (Å²) in [5, 5.41) is 32.7. The molecule has 0 spiro atoms. The van der Waals surface area contributed by atoms with E-state index in [2.05, 4.69) is 10.5 Å². The van der Waals surface area contributed by atoms with Crippen molar-refractivity contribution in [3.8, 4) is 0 Å². The number of amidine groups is 1.